The first-order valence-electron chi connectivity index (χ1n) is 10.4. The van der Waals surface area contributed by atoms with Crippen LogP contribution in [-0.4, -0.2) is 39.7 Å². The molecule has 2 aromatic carbocycles. The average molecular weight is 405 g/mol. The molecule has 0 aliphatic carbocycles. The molecule has 0 radical (unpaired) electrons. The molecular weight excluding hydrogens is 380 g/mol. The molecule has 1 aromatic heterocycles. The summed E-state index contributed by atoms with van der Waals surface area (Å²) in [6.07, 6.45) is 0. The van der Waals surface area contributed by atoms with Crippen LogP contribution < -0.4 is 0 Å². The maximum Gasteiger partial charge on any atom is 0.316 e. The van der Waals surface area contributed by atoms with Gasteiger partial charge in [0.2, 0.25) is 0 Å². The minimum atomic E-state index is -0.567. The van der Waals surface area contributed by atoms with Gasteiger partial charge in [-0.05, 0) is 30.0 Å². The van der Waals surface area contributed by atoms with Crippen molar-refractivity contribution >= 4 is 28.6 Å². The number of ether oxygens (including phenoxy) is 1. The average Bonchev–Trinajstić information content (AvgIpc) is 3.45. The topological polar surface area (TPSA) is 34.5 Å². The third kappa shape index (κ3) is 2.23. The molecule has 2 saturated heterocycles. The molecule has 29 heavy (non-hydrogen) atoms. The third-order valence-corrected chi connectivity index (χ3v) is 8.13. The van der Waals surface area contributed by atoms with E-state index < -0.39 is 5.41 Å². The fourth-order valence-corrected chi connectivity index (χ4v) is 7.38. The second-order valence-electron chi connectivity index (χ2n) is 8.35. The molecule has 4 atom stereocenters. The lowest BCUT2D eigenvalue weighted by atomic mass is 9.69. The van der Waals surface area contributed by atoms with Gasteiger partial charge in [-0.2, -0.15) is 0 Å². The summed E-state index contributed by atoms with van der Waals surface area (Å²) in [5, 5.41) is 1.26. The van der Waals surface area contributed by atoms with E-state index in [0.29, 0.717) is 19.2 Å². The van der Waals surface area contributed by atoms with Crippen molar-refractivity contribution in [2.75, 3.05) is 18.2 Å². The molecule has 148 valence electrons. The molecular formula is C24H24N2O2S. The van der Waals surface area contributed by atoms with E-state index in [0.717, 1.165) is 11.6 Å². The summed E-state index contributed by atoms with van der Waals surface area (Å²) in [4.78, 5) is 16.3. The monoisotopic (exact) mass is 404 g/mol. The van der Waals surface area contributed by atoms with Crippen LogP contribution in [-0.2, 0) is 16.1 Å². The zero-order valence-corrected chi connectivity index (χ0v) is 17.3. The van der Waals surface area contributed by atoms with Crippen LogP contribution in [0.4, 0.5) is 0 Å². The molecule has 3 aliphatic heterocycles. The summed E-state index contributed by atoms with van der Waals surface area (Å²) in [5.41, 5.74) is 3.18. The lowest BCUT2D eigenvalue weighted by molar-refractivity contribution is -0.158. The number of benzene rings is 2. The largest absolute Gasteiger partial charge is 0.465 e. The number of nitrogens with zero attached hydrogens (tertiary/aromatic N) is 2. The van der Waals surface area contributed by atoms with Crippen LogP contribution in [0.15, 0.2) is 60.7 Å². The SMILES string of the molecule is CCOC(=O)C12Cn3c(cc4ccccc43)[C@@H]1N1CSCC1[C@@H]2c1ccccc1. The summed E-state index contributed by atoms with van der Waals surface area (Å²) in [6, 6.07) is 21.9. The minimum Gasteiger partial charge on any atom is -0.465 e. The van der Waals surface area contributed by atoms with Crippen molar-refractivity contribution in [1.29, 1.82) is 0 Å². The normalized spacial score (nSPS) is 30.3. The highest BCUT2D eigenvalue weighted by atomic mass is 32.2. The maximum atomic E-state index is 13.7. The van der Waals surface area contributed by atoms with E-state index in [2.05, 4.69) is 70.1 Å². The van der Waals surface area contributed by atoms with Gasteiger partial charge in [-0.15, -0.1) is 11.8 Å². The number of rotatable bonds is 3. The fourth-order valence-electron chi connectivity index (χ4n) is 6.10. The van der Waals surface area contributed by atoms with Crippen LogP contribution in [0.5, 0.6) is 0 Å². The zero-order chi connectivity index (χ0) is 19.6. The fraction of sp³-hybridized carbons (Fsp3) is 0.375. The predicted molar refractivity (Wildman–Crippen MR) is 116 cm³/mol. The highest BCUT2D eigenvalue weighted by Gasteiger charge is 2.69. The van der Waals surface area contributed by atoms with Crippen LogP contribution in [0.2, 0.25) is 0 Å². The van der Waals surface area contributed by atoms with Crippen molar-refractivity contribution in [2.45, 2.75) is 31.5 Å². The molecule has 4 heterocycles. The Balaban J connectivity index is 1.60. The number of carbonyl (C=O) groups is 1. The van der Waals surface area contributed by atoms with Crippen molar-refractivity contribution in [3.8, 4) is 0 Å². The van der Waals surface area contributed by atoms with Gasteiger partial charge in [-0.1, -0.05) is 48.5 Å². The number of aromatic nitrogens is 1. The van der Waals surface area contributed by atoms with Crippen molar-refractivity contribution in [2.24, 2.45) is 5.41 Å². The van der Waals surface area contributed by atoms with Crippen LogP contribution in [0.3, 0.4) is 0 Å². The Morgan fingerprint density at radius 1 is 1.17 bits per heavy atom. The first-order chi connectivity index (χ1) is 14.3. The standard InChI is InChI=1S/C24H24N2O2S/c1-2-28-23(27)24-14-25-18-11-7-6-10-17(18)12-19(25)22(24)26-15-29-13-20(26)21(24)16-8-4-3-5-9-16/h3-12,20-22H,2,13-15H2,1H3/t20?,21-,22-,24?/m0/s1. The van der Waals surface area contributed by atoms with Gasteiger partial charge in [0.15, 0.2) is 0 Å². The van der Waals surface area contributed by atoms with E-state index in [1.165, 1.54) is 22.2 Å². The smallest absolute Gasteiger partial charge is 0.316 e. The Morgan fingerprint density at radius 2 is 1.97 bits per heavy atom. The number of hydrogen-bond acceptors (Lipinski definition) is 4. The first-order valence-corrected chi connectivity index (χ1v) is 11.5. The summed E-state index contributed by atoms with van der Waals surface area (Å²) in [5.74, 6) is 2.14. The van der Waals surface area contributed by atoms with Gasteiger partial charge < -0.3 is 9.30 Å². The molecule has 4 nitrogen and oxygen atoms in total. The Bertz CT molecular complexity index is 1090. The van der Waals surface area contributed by atoms with Gasteiger partial charge in [0.25, 0.3) is 0 Å². The zero-order valence-electron chi connectivity index (χ0n) is 16.5. The molecule has 6 rings (SSSR count). The number of carbonyl (C=O) groups excluding carboxylic acids is 1. The van der Waals surface area contributed by atoms with E-state index >= 15 is 0 Å². The van der Waals surface area contributed by atoms with Crippen LogP contribution >= 0.6 is 11.8 Å². The van der Waals surface area contributed by atoms with Gasteiger partial charge in [0.1, 0.15) is 5.41 Å². The van der Waals surface area contributed by atoms with E-state index in [4.69, 9.17) is 4.74 Å². The maximum absolute atomic E-state index is 13.7. The van der Waals surface area contributed by atoms with Crippen molar-refractivity contribution in [1.82, 2.24) is 9.47 Å². The van der Waals surface area contributed by atoms with Crippen LogP contribution in [0.1, 0.15) is 30.1 Å². The number of esters is 1. The highest BCUT2D eigenvalue weighted by molar-refractivity contribution is 7.99. The van der Waals surface area contributed by atoms with E-state index in [-0.39, 0.29) is 17.9 Å². The van der Waals surface area contributed by atoms with Crippen molar-refractivity contribution in [3.63, 3.8) is 0 Å². The quantitative estimate of drug-likeness (QED) is 0.606. The second-order valence-corrected chi connectivity index (χ2v) is 9.35. The van der Waals surface area contributed by atoms with Gasteiger partial charge in [0.05, 0.1) is 12.6 Å². The first kappa shape index (κ1) is 17.6. The molecule has 0 N–H and O–H groups in total. The van der Waals surface area contributed by atoms with Gasteiger partial charge in [-0.25, -0.2) is 0 Å². The third-order valence-electron chi connectivity index (χ3n) is 7.07. The number of thioether (sulfide) groups is 1. The van der Waals surface area contributed by atoms with Crippen LogP contribution in [0, 0.1) is 5.41 Å². The lowest BCUT2D eigenvalue weighted by Crippen LogP contribution is -2.41. The predicted octanol–water partition coefficient (Wildman–Crippen LogP) is 4.42. The Morgan fingerprint density at radius 3 is 2.79 bits per heavy atom. The lowest BCUT2D eigenvalue weighted by Gasteiger charge is -2.34. The molecule has 3 aliphatic rings. The van der Waals surface area contributed by atoms with Crippen molar-refractivity contribution in [3.05, 3.63) is 71.9 Å². The van der Waals surface area contributed by atoms with Crippen LogP contribution in [0.25, 0.3) is 10.9 Å². The molecule has 3 aromatic rings. The van der Waals surface area contributed by atoms with E-state index in [1.807, 2.05) is 18.7 Å². The molecule has 2 fully saturated rings. The molecule has 0 saturated carbocycles. The summed E-state index contributed by atoms with van der Waals surface area (Å²) in [7, 11) is 0. The summed E-state index contributed by atoms with van der Waals surface area (Å²) in [6.45, 7) is 3.03. The number of hydrogen-bond donors (Lipinski definition) is 0. The van der Waals surface area contributed by atoms with Gasteiger partial charge in [0, 0.05) is 41.3 Å². The van der Waals surface area contributed by atoms with Crippen molar-refractivity contribution < 1.29 is 9.53 Å². The molecule has 0 spiro atoms. The highest BCUT2D eigenvalue weighted by Crippen LogP contribution is 2.65. The Hall–Kier alpha value is -2.24. The molecule has 0 bridgehead atoms. The molecule has 0 amide bonds. The van der Waals surface area contributed by atoms with Gasteiger partial charge >= 0.3 is 5.97 Å². The Kier molecular flexibility index (Phi) is 3.87. The second kappa shape index (κ2) is 6.38. The number of para-hydroxylation sites is 1. The summed E-state index contributed by atoms with van der Waals surface area (Å²) >= 11 is 1.98. The van der Waals surface area contributed by atoms with E-state index in [1.54, 1.807) is 0 Å². The Labute approximate surface area is 174 Å². The van der Waals surface area contributed by atoms with E-state index in [9.17, 15) is 4.79 Å². The molecule has 5 heteroatoms. The minimum absolute atomic E-state index is 0.0361. The molecule has 2 unspecified atom stereocenters. The summed E-state index contributed by atoms with van der Waals surface area (Å²) < 4.78 is 8.16. The number of fused-ring (bicyclic) bond motifs is 7. The van der Waals surface area contributed by atoms with Gasteiger partial charge in [-0.3, -0.25) is 9.69 Å².